The molecular formula is C8H8BrO. The zero-order valence-corrected chi connectivity index (χ0v) is 7.01. The molecule has 0 saturated carbocycles. The molecule has 1 aromatic carbocycles. The monoisotopic (exact) mass is 199 g/mol. The fraction of sp³-hybridized carbons (Fsp3) is 0.125. The molecule has 53 valence electrons. The number of benzene rings is 1. The molecule has 2 heteroatoms. The first kappa shape index (κ1) is 7.76. The summed E-state index contributed by atoms with van der Waals surface area (Å²) in [5.41, 5.74) is 1.03. The summed E-state index contributed by atoms with van der Waals surface area (Å²) in [6, 6.07) is 7.77. The van der Waals surface area contributed by atoms with Crippen molar-refractivity contribution >= 4 is 15.9 Å². The van der Waals surface area contributed by atoms with Crippen LogP contribution in [0.25, 0.3) is 0 Å². The Kier molecular flexibility index (Phi) is 2.90. The van der Waals surface area contributed by atoms with E-state index >= 15 is 0 Å². The standard InChI is InChI=1S/C8H8BrO/c9-8-4-2-1-3-7(8)5-6-10/h1-5,10H,6H2. The fourth-order valence-corrected chi connectivity index (χ4v) is 1.19. The van der Waals surface area contributed by atoms with Crippen LogP contribution >= 0.6 is 15.9 Å². The second kappa shape index (κ2) is 3.74. The average molecular weight is 200 g/mol. The van der Waals surface area contributed by atoms with Gasteiger partial charge in [0.2, 0.25) is 0 Å². The first-order valence-corrected chi connectivity index (χ1v) is 3.82. The van der Waals surface area contributed by atoms with E-state index in [0.717, 1.165) is 10.0 Å². The lowest BCUT2D eigenvalue weighted by Gasteiger charge is -1.98. The smallest absolute Gasteiger partial charge is 0.0506 e. The summed E-state index contributed by atoms with van der Waals surface area (Å²) in [4.78, 5) is 0. The summed E-state index contributed by atoms with van der Waals surface area (Å²) >= 11 is 3.35. The highest BCUT2D eigenvalue weighted by Gasteiger charge is 1.95. The molecule has 1 nitrogen and oxygen atoms in total. The van der Waals surface area contributed by atoms with Gasteiger partial charge < -0.3 is 5.11 Å². The molecule has 0 heterocycles. The predicted molar refractivity (Wildman–Crippen MR) is 44.6 cm³/mol. The summed E-state index contributed by atoms with van der Waals surface area (Å²) < 4.78 is 1.02. The maximum Gasteiger partial charge on any atom is 0.0506 e. The summed E-state index contributed by atoms with van der Waals surface area (Å²) in [6.45, 7) is 0.0859. The van der Waals surface area contributed by atoms with Crippen LogP contribution in [0.1, 0.15) is 5.56 Å². The molecule has 0 amide bonds. The lowest BCUT2D eigenvalue weighted by Crippen LogP contribution is -1.87. The molecule has 1 rings (SSSR count). The van der Waals surface area contributed by atoms with Gasteiger partial charge in [-0.15, -0.1) is 0 Å². The van der Waals surface area contributed by atoms with Crippen molar-refractivity contribution in [1.82, 2.24) is 0 Å². The highest BCUT2D eigenvalue weighted by Crippen LogP contribution is 2.16. The van der Waals surface area contributed by atoms with E-state index in [-0.39, 0.29) is 6.61 Å². The van der Waals surface area contributed by atoms with E-state index in [0.29, 0.717) is 0 Å². The molecule has 0 fully saturated rings. The van der Waals surface area contributed by atoms with E-state index in [2.05, 4.69) is 15.9 Å². The van der Waals surface area contributed by atoms with E-state index in [1.165, 1.54) is 0 Å². The third-order valence-corrected chi connectivity index (χ3v) is 1.94. The van der Waals surface area contributed by atoms with Crippen molar-refractivity contribution in [2.75, 3.05) is 6.61 Å². The van der Waals surface area contributed by atoms with Gasteiger partial charge in [-0.1, -0.05) is 34.1 Å². The third-order valence-electron chi connectivity index (χ3n) is 1.22. The topological polar surface area (TPSA) is 20.2 Å². The van der Waals surface area contributed by atoms with Crippen molar-refractivity contribution in [3.8, 4) is 0 Å². The minimum absolute atomic E-state index is 0.0859. The van der Waals surface area contributed by atoms with Gasteiger partial charge in [0.15, 0.2) is 0 Å². The Bertz CT molecular complexity index is 210. The summed E-state index contributed by atoms with van der Waals surface area (Å²) in [5.74, 6) is 0. The maximum atomic E-state index is 8.57. The lowest BCUT2D eigenvalue weighted by atomic mass is 10.2. The van der Waals surface area contributed by atoms with Gasteiger partial charge in [0.1, 0.15) is 0 Å². The molecule has 1 N–H and O–H groups in total. The molecule has 0 aromatic heterocycles. The normalized spacial score (nSPS) is 9.80. The van der Waals surface area contributed by atoms with Crippen LogP contribution in [0, 0.1) is 6.42 Å². The minimum Gasteiger partial charge on any atom is -0.396 e. The molecule has 0 aliphatic heterocycles. The highest BCUT2D eigenvalue weighted by molar-refractivity contribution is 9.10. The number of hydrogen-bond donors (Lipinski definition) is 1. The van der Waals surface area contributed by atoms with Crippen molar-refractivity contribution in [2.45, 2.75) is 0 Å². The molecule has 0 unspecified atom stereocenters. The molecule has 0 aliphatic rings. The molecule has 0 aliphatic carbocycles. The zero-order valence-electron chi connectivity index (χ0n) is 5.42. The quantitative estimate of drug-likeness (QED) is 0.773. The van der Waals surface area contributed by atoms with Gasteiger partial charge in [0.05, 0.1) is 6.61 Å². The van der Waals surface area contributed by atoms with Crippen LogP contribution in [0.2, 0.25) is 0 Å². The molecule has 0 spiro atoms. The van der Waals surface area contributed by atoms with E-state index in [4.69, 9.17) is 5.11 Å². The fourth-order valence-electron chi connectivity index (χ4n) is 0.739. The lowest BCUT2D eigenvalue weighted by molar-refractivity contribution is 0.331. The van der Waals surface area contributed by atoms with Crippen LogP contribution in [-0.4, -0.2) is 11.7 Å². The van der Waals surface area contributed by atoms with Crippen LogP contribution in [0.15, 0.2) is 28.7 Å². The third kappa shape index (κ3) is 1.82. The number of hydrogen-bond acceptors (Lipinski definition) is 1. The Labute approximate surface area is 68.8 Å². The molecule has 1 radical (unpaired) electrons. The molecular weight excluding hydrogens is 192 g/mol. The van der Waals surface area contributed by atoms with E-state index in [1.807, 2.05) is 24.3 Å². The summed E-state index contributed by atoms with van der Waals surface area (Å²) in [5, 5.41) is 8.57. The minimum atomic E-state index is 0.0859. The highest BCUT2D eigenvalue weighted by atomic mass is 79.9. The Morgan fingerprint density at radius 3 is 2.70 bits per heavy atom. The van der Waals surface area contributed by atoms with Crippen LogP contribution in [0.4, 0.5) is 0 Å². The number of rotatable bonds is 2. The Morgan fingerprint density at radius 2 is 2.10 bits per heavy atom. The Hall–Kier alpha value is -0.340. The Morgan fingerprint density at radius 1 is 1.40 bits per heavy atom. The summed E-state index contributed by atoms with van der Waals surface area (Å²) in [6.07, 6.45) is 1.75. The van der Waals surface area contributed by atoms with Crippen LogP contribution in [-0.2, 0) is 0 Å². The van der Waals surface area contributed by atoms with Crippen LogP contribution in [0.5, 0.6) is 0 Å². The van der Waals surface area contributed by atoms with Gasteiger partial charge in [-0.05, 0) is 11.6 Å². The number of halogens is 1. The number of aliphatic hydroxyl groups excluding tert-OH is 1. The van der Waals surface area contributed by atoms with Crippen LogP contribution < -0.4 is 0 Å². The van der Waals surface area contributed by atoms with Crippen molar-refractivity contribution in [2.24, 2.45) is 0 Å². The van der Waals surface area contributed by atoms with Gasteiger partial charge in [0, 0.05) is 10.9 Å². The van der Waals surface area contributed by atoms with Crippen molar-refractivity contribution in [3.05, 3.63) is 40.7 Å². The summed E-state index contributed by atoms with van der Waals surface area (Å²) in [7, 11) is 0. The first-order chi connectivity index (χ1) is 4.84. The van der Waals surface area contributed by atoms with Gasteiger partial charge >= 0.3 is 0 Å². The molecule has 0 saturated heterocycles. The van der Waals surface area contributed by atoms with Crippen LogP contribution in [0.3, 0.4) is 0 Å². The van der Waals surface area contributed by atoms with E-state index < -0.39 is 0 Å². The molecule has 10 heavy (non-hydrogen) atoms. The first-order valence-electron chi connectivity index (χ1n) is 3.03. The Balaban J connectivity index is 2.81. The number of aliphatic hydroxyl groups is 1. The average Bonchev–Trinajstić information content (AvgIpc) is 1.94. The zero-order chi connectivity index (χ0) is 7.40. The second-order valence-corrected chi connectivity index (χ2v) is 2.76. The van der Waals surface area contributed by atoms with E-state index in [1.54, 1.807) is 6.42 Å². The van der Waals surface area contributed by atoms with Gasteiger partial charge in [-0.25, -0.2) is 0 Å². The largest absolute Gasteiger partial charge is 0.396 e. The van der Waals surface area contributed by atoms with Gasteiger partial charge in [0.25, 0.3) is 0 Å². The maximum absolute atomic E-state index is 8.57. The second-order valence-electron chi connectivity index (χ2n) is 1.91. The molecule has 1 aromatic rings. The van der Waals surface area contributed by atoms with Gasteiger partial charge in [-0.2, -0.15) is 0 Å². The van der Waals surface area contributed by atoms with Crippen molar-refractivity contribution in [3.63, 3.8) is 0 Å². The SMILES string of the molecule is OC[CH]c1ccccc1Br. The predicted octanol–water partition coefficient (Wildman–Crippen LogP) is 1.99. The molecule has 0 bridgehead atoms. The molecule has 0 atom stereocenters. The van der Waals surface area contributed by atoms with Gasteiger partial charge in [-0.3, -0.25) is 0 Å². The van der Waals surface area contributed by atoms with Crippen molar-refractivity contribution < 1.29 is 5.11 Å². The van der Waals surface area contributed by atoms with E-state index in [9.17, 15) is 0 Å². The van der Waals surface area contributed by atoms with Crippen molar-refractivity contribution in [1.29, 1.82) is 0 Å².